The number of hydrogen-bond acceptors (Lipinski definition) is 6. The van der Waals surface area contributed by atoms with Gasteiger partial charge in [-0.25, -0.2) is 9.80 Å². The van der Waals surface area contributed by atoms with Crippen molar-refractivity contribution in [3.8, 4) is 0 Å². The molecule has 0 aliphatic carbocycles. The standard InChI is InChI=1S/C24H29N3O5/c1-15-8-10-17(11-9-15)18-13-19(20-7-6-12-31-20)27(26-18)21(28)14-32-22(29)16(2)25-23(30)24(3,4)5/h6-12,16,19H,13-14H2,1-5H3,(H,25,30). The van der Waals surface area contributed by atoms with Crippen molar-refractivity contribution in [3.05, 3.63) is 59.5 Å². The summed E-state index contributed by atoms with van der Waals surface area (Å²) in [6.07, 6.45) is 2.02. The first-order valence-electron chi connectivity index (χ1n) is 10.5. The summed E-state index contributed by atoms with van der Waals surface area (Å²) in [6, 6.07) is 10.1. The fourth-order valence-corrected chi connectivity index (χ4v) is 3.16. The van der Waals surface area contributed by atoms with Crippen LogP contribution < -0.4 is 5.32 Å². The first-order valence-corrected chi connectivity index (χ1v) is 10.5. The van der Waals surface area contributed by atoms with Gasteiger partial charge in [0.05, 0.1) is 12.0 Å². The molecule has 1 N–H and O–H groups in total. The Bertz CT molecular complexity index is 1000. The van der Waals surface area contributed by atoms with Crippen LogP contribution in [0.3, 0.4) is 0 Å². The van der Waals surface area contributed by atoms with E-state index in [0.717, 1.165) is 16.8 Å². The number of carbonyl (C=O) groups is 3. The first-order chi connectivity index (χ1) is 15.1. The lowest BCUT2D eigenvalue weighted by atomic mass is 9.95. The molecule has 1 aromatic heterocycles. The van der Waals surface area contributed by atoms with Crippen molar-refractivity contribution >= 4 is 23.5 Å². The molecule has 1 aliphatic heterocycles. The van der Waals surface area contributed by atoms with Crippen LogP contribution in [-0.4, -0.2) is 41.2 Å². The molecular formula is C24H29N3O5. The van der Waals surface area contributed by atoms with Gasteiger partial charge in [0.2, 0.25) is 5.91 Å². The molecule has 2 heterocycles. The number of furan rings is 1. The molecule has 8 nitrogen and oxygen atoms in total. The Balaban J connectivity index is 1.69. The van der Waals surface area contributed by atoms with Crippen molar-refractivity contribution in [2.75, 3.05) is 6.61 Å². The number of benzene rings is 1. The molecule has 0 fully saturated rings. The normalized spacial score (nSPS) is 17.0. The number of nitrogens with one attached hydrogen (secondary N) is 1. The van der Waals surface area contributed by atoms with E-state index in [1.807, 2.05) is 31.2 Å². The lowest BCUT2D eigenvalue weighted by Gasteiger charge is -2.22. The molecule has 2 atom stereocenters. The van der Waals surface area contributed by atoms with Crippen LogP contribution >= 0.6 is 0 Å². The van der Waals surface area contributed by atoms with Gasteiger partial charge in [0.15, 0.2) is 6.61 Å². The number of esters is 1. The summed E-state index contributed by atoms with van der Waals surface area (Å²) in [4.78, 5) is 37.3. The number of carbonyl (C=O) groups excluding carboxylic acids is 3. The second kappa shape index (κ2) is 9.38. The molecule has 0 bridgehead atoms. The topological polar surface area (TPSA) is 101 Å². The van der Waals surface area contributed by atoms with E-state index in [2.05, 4.69) is 10.4 Å². The Kier molecular flexibility index (Phi) is 6.81. The second-order valence-corrected chi connectivity index (χ2v) is 8.94. The van der Waals surface area contributed by atoms with Crippen molar-refractivity contribution < 1.29 is 23.5 Å². The number of nitrogens with zero attached hydrogens (tertiary/aromatic N) is 2. The number of hydrazone groups is 1. The highest BCUT2D eigenvalue weighted by Crippen LogP contribution is 2.33. The van der Waals surface area contributed by atoms with Gasteiger partial charge < -0.3 is 14.5 Å². The zero-order valence-electron chi connectivity index (χ0n) is 19.0. The zero-order chi connectivity index (χ0) is 23.5. The number of ether oxygens (including phenoxy) is 1. The molecule has 2 aromatic rings. The van der Waals surface area contributed by atoms with Gasteiger partial charge in [0.1, 0.15) is 17.8 Å². The molecule has 0 radical (unpaired) electrons. The quantitative estimate of drug-likeness (QED) is 0.696. The summed E-state index contributed by atoms with van der Waals surface area (Å²) in [5.74, 6) is -0.844. The largest absolute Gasteiger partial charge is 0.467 e. The van der Waals surface area contributed by atoms with E-state index in [4.69, 9.17) is 9.15 Å². The summed E-state index contributed by atoms with van der Waals surface area (Å²) in [6.45, 7) is 8.27. The van der Waals surface area contributed by atoms with Crippen LogP contribution in [0.15, 0.2) is 52.2 Å². The molecule has 170 valence electrons. The molecule has 8 heteroatoms. The van der Waals surface area contributed by atoms with Crippen LogP contribution in [0.5, 0.6) is 0 Å². The maximum atomic E-state index is 12.9. The third-order valence-corrected chi connectivity index (χ3v) is 5.14. The van der Waals surface area contributed by atoms with Crippen LogP contribution in [0.2, 0.25) is 0 Å². The average Bonchev–Trinajstić information content (AvgIpc) is 3.41. The van der Waals surface area contributed by atoms with E-state index >= 15 is 0 Å². The Morgan fingerprint density at radius 1 is 1.22 bits per heavy atom. The predicted octanol–water partition coefficient (Wildman–Crippen LogP) is 3.36. The summed E-state index contributed by atoms with van der Waals surface area (Å²) >= 11 is 0. The lowest BCUT2D eigenvalue weighted by molar-refractivity contribution is -0.155. The smallest absolute Gasteiger partial charge is 0.328 e. The maximum Gasteiger partial charge on any atom is 0.328 e. The minimum atomic E-state index is -0.874. The SMILES string of the molecule is Cc1ccc(C2=NN(C(=O)COC(=O)C(C)NC(=O)C(C)(C)C)C(c3ccco3)C2)cc1. The number of amides is 2. The number of aryl methyl sites for hydroxylation is 1. The Morgan fingerprint density at radius 2 is 1.91 bits per heavy atom. The highest BCUT2D eigenvalue weighted by molar-refractivity contribution is 6.03. The molecule has 32 heavy (non-hydrogen) atoms. The van der Waals surface area contributed by atoms with Crippen LogP contribution in [-0.2, 0) is 19.1 Å². The lowest BCUT2D eigenvalue weighted by Crippen LogP contribution is -2.45. The summed E-state index contributed by atoms with van der Waals surface area (Å²) < 4.78 is 10.7. The first kappa shape index (κ1) is 23.2. The second-order valence-electron chi connectivity index (χ2n) is 8.94. The Morgan fingerprint density at radius 3 is 2.50 bits per heavy atom. The van der Waals surface area contributed by atoms with E-state index < -0.39 is 36.0 Å². The van der Waals surface area contributed by atoms with Gasteiger partial charge in [-0.15, -0.1) is 0 Å². The van der Waals surface area contributed by atoms with Crippen molar-refractivity contribution in [2.24, 2.45) is 10.5 Å². The van der Waals surface area contributed by atoms with Gasteiger partial charge >= 0.3 is 5.97 Å². The van der Waals surface area contributed by atoms with Gasteiger partial charge in [-0.05, 0) is 31.5 Å². The minimum absolute atomic E-state index is 0.280. The fourth-order valence-electron chi connectivity index (χ4n) is 3.16. The minimum Gasteiger partial charge on any atom is -0.467 e. The molecule has 1 aliphatic rings. The van der Waals surface area contributed by atoms with Gasteiger partial charge in [-0.3, -0.25) is 9.59 Å². The monoisotopic (exact) mass is 439 g/mol. The maximum absolute atomic E-state index is 12.9. The van der Waals surface area contributed by atoms with E-state index in [1.54, 1.807) is 39.2 Å². The highest BCUT2D eigenvalue weighted by Gasteiger charge is 2.35. The Hall–Kier alpha value is -3.42. The van der Waals surface area contributed by atoms with Crippen molar-refractivity contribution in [1.29, 1.82) is 0 Å². The molecule has 0 saturated carbocycles. The van der Waals surface area contributed by atoms with Gasteiger partial charge in [-0.2, -0.15) is 5.10 Å². The fraction of sp³-hybridized carbons (Fsp3) is 0.417. The summed E-state index contributed by atoms with van der Waals surface area (Å²) in [5.41, 5.74) is 2.15. The van der Waals surface area contributed by atoms with Gasteiger partial charge in [-0.1, -0.05) is 50.6 Å². The van der Waals surface area contributed by atoms with Crippen molar-refractivity contribution in [2.45, 2.75) is 53.1 Å². The average molecular weight is 440 g/mol. The third-order valence-electron chi connectivity index (χ3n) is 5.14. The summed E-state index contributed by atoms with van der Waals surface area (Å²) in [7, 11) is 0. The number of hydrogen-bond donors (Lipinski definition) is 1. The molecule has 2 amide bonds. The Labute approximate surface area is 187 Å². The number of rotatable bonds is 6. The van der Waals surface area contributed by atoms with Crippen LogP contribution in [0.4, 0.5) is 0 Å². The van der Waals surface area contributed by atoms with E-state index in [-0.39, 0.29) is 5.91 Å². The van der Waals surface area contributed by atoms with Crippen LogP contribution in [0, 0.1) is 12.3 Å². The zero-order valence-corrected chi connectivity index (χ0v) is 19.0. The van der Waals surface area contributed by atoms with Crippen LogP contribution in [0.25, 0.3) is 0 Å². The van der Waals surface area contributed by atoms with Gasteiger partial charge in [0, 0.05) is 11.8 Å². The third kappa shape index (κ3) is 5.43. The summed E-state index contributed by atoms with van der Waals surface area (Å²) in [5, 5.41) is 8.41. The molecular weight excluding hydrogens is 410 g/mol. The van der Waals surface area contributed by atoms with E-state index in [0.29, 0.717) is 12.2 Å². The van der Waals surface area contributed by atoms with Gasteiger partial charge in [0.25, 0.3) is 5.91 Å². The predicted molar refractivity (Wildman–Crippen MR) is 119 cm³/mol. The molecule has 2 unspecified atom stereocenters. The molecule has 0 saturated heterocycles. The molecule has 1 aromatic carbocycles. The van der Waals surface area contributed by atoms with Crippen molar-refractivity contribution in [3.63, 3.8) is 0 Å². The molecule has 3 rings (SSSR count). The molecule has 0 spiro atoms. The van der Waals surface area contributed by atoms with E-state index in [9.17, 15) is 14.4 Å². The highest BCUT2D eigenvalue weighted by atomic mass is 16.5. The van der Waals surface area contributed by atoms with E-state index in [1.165, 1.54) is 11.9 Å². The van der Waals surface area contributed by atoms with Crippen molar-refractivity contribution in [1.82, 2.24) is 10.3 Å². The van der Waals surface area contributed by atoms with Crippen LogP contribution in [0.1, 0.15) is 57.0 Å².